The number of carbonyl (C=O) groups excluding carboxylic acids is 1. The van der Waals surface area contributed by atoms with Gasteiger partial charge in [-0.2, -0.15) is 30.0 Å². The normalized spacial score (nSPS) is 12.8. The molecule has 6 nitrogen and oxygen atoms in total. The van der Waals surface area contributed by atoms with Gasteiger partial charge in [-0.3, -0.25) is 4.79 Å². The van der Waals surface area contributed by atoms with Crippen molar-refractivity contribution in [2.24, 2.45) is 0 Å². The molecule has 0 fully saturated rings. The number of halogens is 4. The molecule has 0 unspecified atom stereocenters. The van der Waals surface area contributed by atoms with Crippen LogP contribution in [0.5, 0.6) is 0 Å². The molecule has 0 aliphatic rings. The number of hydrogen-bond donors (Lipinski definition) is 0. The Morgan fingerprint density at radius 1 is 1.07 bits per heavy atom. The Morgan fingerprint density at radius 3 is 1.47 bits per heavy atom. The van der Waals surface area contributed by atoms with Crippen LogP contribution in [-0.4, -0.2) is 83.8 Å². The summed E-state index contributed by atoms with van der Waals surface area (Å²) in [6, 6.07) is 0. The summed E-state index contributed by atoms with van der Waals surface area (Å²) in [4.78, 5) is 9.67. The van der Waals surface area contributed by atoms with Gasteiger partial charge in [-0.05, 0) is 0 Å². The first-order valence-electron chi connectivity index (χ1n) is 2.45. The zero-order chi connectivity index (χ0) is 11.8. The molecular formula is C2H2F4KNO5S2. The molecule has 13 heteroatoms. The van der Waals surface area contributed by atoms with Gasteiger partial charge in [0, 0.05) is 0 Å². The van der Waals surface area contributed by atoms with Crippen molar-refractivity contribution in [2.75, 3.05) is 0 Å². The third kappa shape index (κ3) is 4.24. The van der Waals surface area contributed by atoms with Gasteiger partial charge >= 0.3 is 77.3 Å². The standard InChI is InChI=1S/C2HF4NO5S2.K.H/c3-2(4,5)13(9,10)7(1-8)14(6,11)12;;/h1H;;. The van der Waals surface area contributed by atoms with Crippen LogP contribution in [0.15, 0.2) is 0 Å². The van der Waals surface area contributed by atoms with Crippen molar-refractivity contribution in [1.29, 1.82) is 0 Å². The zero-order valence-electron chi connectivity index (χ0n) is 5.89. The summed E-state index contributed by atoms with van der Waals surface area (Å²) < 4.78 is 84.6. The predicted octanol–water partition coefficient (Wildman–Crippen LogP) is -1.14. The van der Waals surface area contributed by atoms with Crippen LogP contribution in [-0.2, 0) is 25.2 Å². The fourth-order valence-electron chi connectivity index (χ4n) is 0.327. The second kappa shape index (κ2) is 5.37. The van der Waals surface area contributed by atoms with Crippen molar-refractivity contribution in [1.82, 2.24) is 3.71 Å². The molecule has 1 amide bonds. The molecule has 0 aromatic rings. The number of hydrogen-bond acceptors (Lipinski definition) is 5. The van der Waals surface area contributed by atoms with E-state index >= 15 is 0 Å². The quantitative estimate of drug-likeness (QED) is 0.284. The summed E-state index contributed by atoms with van der Waals surface area (Å²) in [5, 5.41) is 0. The summed E-state index contributed by atoms with van der Waals surface area (Å²) in [6.07, 6.45) is -1.31. The Bertz CT molecular complexity index is 424. The second-order valence-corrected chi connectivity index (χ2v) is 4.98. The van der Waals surface area contributed by atoms with E-state index in [4.69, 9.17) is 0 Å². The van der Waals surface area contributed by atoms with E-state index in [1.807, 2.05) is 0 Å². The topological polar surface area (TPSA) is 88.6 Å². The van der Waals surface area contributed by atoms with E-state index in [-0.39, 0.29) is 51.4 Å². The van der Waals surface area contributed by atoms with Gasteiger partial charge in [0.25, 0.3) is 0 Å². The van der Waals surface area contributed by atoms with Crippen LogP contribution in [0.2, 0.25) is 0 Å². The summed E-state index contributed by atoms with van der Waals surface area (Å²) in [7, 11) is -12.8. The predicted molar refractivity (Wildman–Crippen MR) is 40.1 cm³/mol. The van der Waals surface area contributed by atoms with E-state index < -0.39 is 36.1 Å². The number of carbonyl (C=O) groups is 1. The van der Waals surface area contributed by atoms with Crippen LogP contribution in [0.1, 0.15) is 0 Å². The van der Waals surface area contributed by atoms with E-state index in [1.165, 1.54) is 0 Å². The molecule has 0 aromatic heterocycles. The van der Waals surface area contributed by atoms with E-state index in [2.05, 4.69) is 0 Å². The average molecular weight is 299 g/mol. The number of sulfonamides is 1. The summed E-state index contributed by atoms with van der Waals surface area (Å²) in [6.45, 7) is 0. The van der Waals surface area contributed by atoms with E-state index in [0.717, 1.165) is 0 Å². The number of amides is 1. The number of nitrogens with zero attached hydrogens (tertiary/aromatic N) is 1. The molecule has 0 atom stereocenters. The molecule has 0 saturated heterocycles. The van der Waals surface area contributed by atoms with E-state index in [9.17, 15) is 38.7 Å². The van der Waals surface area contributed by atoms with Crippen LogP contribution in [0.4, 0.5) is 17.1 Å². The number of rotatable bonds is 3. The molecule has 0 N–H and O–H groups in total. The van der Waals surface area contributed by atoms with Gasteiger partial charge in [0.15, 0.2) is 0 Å². The van der Waals surface area contributed by atoms with Crippen LogP contribution < -0.4 is 0 Å². The van der Waals surface area contributed by atoms with Crippen molar-refractivity contribution in [3.05, 3.63) is 0 Å². The third-order valence-corrected chi connectivity index (χ3v) is 3.61. The van der Waals surface area contributed by atoms with Crippen LogP contribution in [0.25, 0.3) is 0 Å². The first-order chi connectivity index (χ1) is 5.94. The van der Waals surface area contributed by atoms with Gasteiger partial charge in [0.05, 0.1) is 0 Å². The summed E-state index contributed by atoms with van der Waals surface area (Å²) in [5.41, 5.74) is -6.08. The Hall–Kier alpha value is 0.726. The zero-order valence-corrected chi connectivity index (χ0v) is 7.53. The van der Waals surface area contributed by atoms with Gasteiger partial charge in [-0.15, -0.1) is 0 Å². The van der Waals surface area contributed by atoms with Gasteiger partial charge in [-0.1, -0.05) is 7.60 Å². The summed E-state index contributed by atoms with van der Waals surface area (Å²) >= 11 is 0. The fourth-order valence-corrected chi connectivity index (χ4v) is 1.94. The molecule has 0 spiro atoms. The van der Waals surface area contributed by atoms with E-state index in [0.29, 0.717) is 0 Å². The van der Waals surface area contributed by atoms with E-state index in [1.54, 1.807) is 0 Å². The SMILES string of the molecule is O=CN(S(=O)(=O)F)S(=O)(=O)C(F)(F)F.[KH]. The van der Waals surface area contributed by atoms with Gasteiger partial charge in [-0.25, -0.2) is 0 Å². The van der Waals surface area contributed by atoms with Crippen LogP contribution >= 0.6 is 0 Å². The van der Waals surface area contributed by atoms with Crippen LogP contribution in [0.3, 0.4) is 0 Å². The molecule has 0 aliphatic heterocycles. The molecule has 0 heterocycles. The Labute approximate surface area is 124 Å². The first-order valence-corrected chi connectivity index (χ1v) is 5.23. The van der Waals surface area contributed by atoms with Gasteiger partial charge < -0.3 is 0 Å². The molecule has 86 valence electrons. The minimum atomic E-state index is -6.54. The Kier molecular flexibility index (Phi) is 6.48. The second-order valence-electron chi connectivity index (χ2n) is 1.72. The maximum absolute atomic E-state index is 11.9. The van der Waals surface area contributed by atoms with Crippen molar-refractivity contribution in [2.45, 2.75) is 5.51 Å². The molecule has 0 radical (unpaired) electrons. The third-order valence-electron chi connectivity index (χ3n) is 0.830. The molecular weight excluding hydrogens is 297 g/mol. The van der Waals surface area contributed by atoms with Crippen molar-refractivity contribution in [3.63, 3.8) is 0 Å². The molecule has 0 bridgehead atoms. The van der Waals surface area contributed by atoms with Crippen molar-refractivity contribution < 1.29 is 38.7 Å². The summed E-state index contributed by atoms with van der Waals surface area (Å²) in [5.74, 6) is 0. The van der Waals surface area contributed by atoms with Gasteiger partial charge in [0.1, 0.15) is 0 Å². The molecule has 15 heavy (non-hydrogen) atoms. The van der Waals surface area contributed by atoms with Crippen LogP contribution in [0, 0.1) is 0 Å². The van der Waals surface area contributed by atoms with Gasteiger partial charge in [0.2, 0.25) is 6.41 Å². The average Bonchev–Trinajstić information content (AvgIpc) is 1.80. The fraction of sp³-hybridized carbons (Fsp3) is 0.500. The maximum atomic E-state index is 11.9. The molecule has 0 saturated carbocycles. The van der Waals surface area contributed by atoms with Crippen molar-refractivity contribution in [3.8, 4) is 0 Å². The molecule has 0 aromatic carbocycles. The Balaban J connectivity index is 0. The Morgan fingerprint density at radius 2 is 1.40 bits per heavy atom. The molecule has 0 rings (SSSR count). The molecule has 0 aliphatic carbocycles. The number of alkyl halides is 3. The minimum absolute atomic E-state index is 0. The monoisotopic (exact) mass is 299 g/mol. The first kappa shape index (κ1) is 18.1. The van der Waals surface area contributed by atoms with Crippen molar-refractivity contribution >= 4 is 78.2 Å².